The lowest BCUT2D eigenvalue weighted by atomic mass is 10.0. The summed E-state index contributed by atoms with van der Waals surface area (Å²) in [6.45, 7) is -0.705. The molecule has 0 fully saturated rings. The number of hydrogen-bond acceptors (Lipinski definition) is 1. The maximum absolute atomic E-state index is 13.1. The normalized spacial score (nSPS) is 13.9. The molecule has 1 atom stereocenters. The molecule has 0 amide bonds. The van der Waals surface area contributed by atoms with Gasteiger partial charge in [0.1, 0.15) is 5.82 Å². The van der Waals surface area contributed by atoms with E-state index in [1.54, 1.807) is 0 Å². The predicted molar refractivity (Wildman–Crippen MR) is 48.9 cm³/mol. The molecule has 0 radical (unpaired) electrons. The molecule has 2 N–H and O–H groups in total. The van der Waals surface area contributed by atoms with Gasteiger partial charge in [-0.3, -0.25) is 4.39 Å². The zero-order chi connectivity index (χ0) is 12.3. The number of nitrogens with two attached hydrogens (primary N) is 1. The maximum Gasteiger partial charge on any atom is 0.419 e. The third-order valence-corrected chi connectivity index (χ3v) is 2.15. The van der Waals surface area contributed by atoms with Gasteiger partial charge in [0.05, 0.1) is 12.2 Å². The lowest BCUT2D eigenvalue weighted by Gasteiger charge is -2.13. The summed E-state index contributed by atoms with van der Waals surface area (Å²) in [5, 5.41) is 0. The van der Waals surface area contributed by atoms with Gasteiger partial charge >= 0.3 is 6.18 Å². The Bertz CT molecular complexity index is 361. The molecule has 0 bridgehead atoms. The summed E-state index contributed by atoms with van der Waals surface area (Å²) in [4.78, 5) is 0. The minimum Gasteiger partial charge on any atom is -0.324 e. The first kappa shape index (κ1) is 12.9. The first-order valence-corrected chi connectivity index (χ1v) is 4.54. The van der Waals surface area contributed by atoms with Gasteiger partial charge in [0.2, 0.25) is 0 Å². The van der Waals surface area contributed by atoms with Crippen molar-refractivity contribution in [3.05, 3.63) is 35.1 Å². The smallest absolute Gasteiger partial charge is 0.324 e. The molecule has 0 aromatic heterocycles. The van der Waals surface area contributed by atoms with Crippen LogP contribution in [0.25, 0.3) is 0 Å². The van der Waals surface area contributed by atoms with Gasteiger partial charge in [-0.25, -0.2) is 4.39 Å². The largest absolute Gasteiger partial charge is 0.419 e. The van der Waals surface area contributed by atoms with Gasteiger partial charge in [0.25, 0.3) is 0 Å². The summed E-state index contributed by atoms with van der Waals surface area (Å²) in [7, 11) is 0. The van der Waals surface area contributed by atoms with Gasteiger partial charge < -0.3 is 5.73 Å². The van der Waals surface area contributed by atoms with Crippen molar-refractivity contribution in [2.75, 3.05) is 6.67 Å². The molecule has 1 aromatic carbocycles. The van der Waals surface area contributed by atoms with Crippen molar-refractivity contribution in [1.29, 1.82) is 0 Å². The Hall–Kier alpha value is -1.17. The van der Waals surface area contributed by atoms with E-state index in [9.17, 15) is 22.0 Å². The molecule has 90 valence electrons. The fourth-order valence-electron chi connectivity index (χ4n) is 1.28. The highest BCUT2D eigenvalue weighted by atomic mass is 19.4. The first-order valence-electron chi connectivity index (χ1n) is 4.54. The third kappa shape index (κ3) is 2.91. The van der Waals surface area contributed by atoms with Crippen molar-refractivity contribution < 1.29 is 22.0 Å². The van der Waals surface area contributed by atoms with Crippen LogP contribution >= 0.6 is 0 Å². The van der Waals surface area contributed by atoms with Crippen molar-refractivity contribution in [1.82, 2.24) is 0 Å². The molecule has 1 aromatic rings. The monoisotopic (exact) mass is 239 g/mol. The second kappa shape index (κ2) is 4.78. The van der Waals surface area contributed by atoms with Crippen LogP contribution in [0.1, 0.15) is 23.6 Å². The van der Waals surface area contributed by atoms with Crippen LogP contribution in [0.2, 0.25) is 0 Å². The average Bonchev–Trinajstić information content (AvgIpc) is 2.16. The molecule has 16 heavy (non-hydrogen) atoms. The second-order valence-corrected chi connectivity index (χ2v) is 3.32. The quantitative estimate of drug-likeness (QED) is 0.805. The van der Waals surface area contributed by atoms with Gasteiger partial charge in [-0.2, -0.15) is 13.2 Å². The van der Waals surface area contributed by atoms with Crippen molar-refractivity contribution in [2.45, 2.75) is 18.6 Å². The number of benzene rings is 1. The Labute approximate surface area is 89.1 Å². The van der Waals surface area contributed by atoms with Crippen LogP contribution in [0.4, 0.5) is 22.0 Å². The maximum atomic E-state index is 13.1. The number of alkyl halides is 4. The molecule has 0 aliphatic carbocycles. The topological polar surface area (TPSA) is 26.0 Å². The van der Waals surface area contributed by atoms with E-state index in [0.717, 1.165) is 6.07 Å². The zero-order valence-electron chi connectivity index (χ0n) is 8.19. The summed E-state index contributed by atoms with van der Waals surface area (Å²) in [6, 6.07) is 1.58. The Morgan fingerprint density at radius 2 is 1.88 bits per heavy atom. The van der Waals surface area contributed by atoms with Crippen molar-refractivity contribution in [2.24, 2.45) is 5.73 Å². The minimum atomic E-state index is -4.73. The molecule has 0 aliphatic rings. The van der Waals surface area contributed by atoms with Crippen LogP contribution in [0.15, 0.2) is 18.2 Å². The fourth-order valence-corrected chi connectivity index (χ4v) is 1.28. The van der Waals surface area contributed by atoms with E-state index >= 15 is 0 Å². The Balaban J connectivity index is 3.00. The van der Waals surface area contributed by atoms with Crippen LogP contribution in [0, 0.1) is 5.82 Å². The van der Waals surface area contributed by atoms with Gasteiger partial charge in [0.15, 0.2) is 0 Å². The van der Waals surface area contributed by atoms with Crippen LogP contribution in [0.3, 0.4) is 0 Å². The summed E-state index contributed by atoms with van der Waals surface area (Å²) in [5.41, 5.74) is 4.26. The lowest BCUT2D eigenvalue weighted by Crippen LogP contribution is -2.13. The van der Waals surface area contributed by atoms with Crippen molar-refractivity contribution >= 4 is 0 Å². The third-order valence-electron chi connectivity index (χ3n) is 2.15. The number of halogens is 5. The van der Waals surface area contributed by atoms with E-state index in [2.05, 4.69) is 0 Å². The molecule has 0 aliphatic heterocycles. The standard InChI is InChI=1S/C10H10F5N/c11-4-3-9(16)6-1-2-7(8(12)5-6)10(13,14)15/h1-2,5,9H,3-4,16H2/t9-/m1/s1. The molecular weight excluding hydrogens is 229 g/mol. The first-order chi connectivity index (χ1) is 7.36. The SMILES string of the molecule is N[C@H](CCF)c1ccc(C(F)(F)F)c(F)c1. The van der Waals surface area contributed by atoms with Crippen LogP contribution in [-0.4, -0.2) is 6.67 Å². The molecule has 1 rings (SSSR count). The number of rotatable bonds is 3. The molecule has 0 saturated carbocycles. The molecule has 6 heteroatoms. The van der Waals surface area contributed by atoms with E-state index in [1.807, 2.05) is 0 Å². The summed E-state index contributed by atoms with van der Waals surface area (Å²) in [6.07, 6.45) is -4.78. The molecule has 0 spiro atoms. The van der Waals surface area contributed by atoms with Crippen LogP contribution in [-0.2, 0) is 6.18 Å². The second-order valence-electron chi connectivity index (χ2n) is 3.32. The van der Waals surface area contributed by atoms with Crippen LogP contribution < -0.4 is 5.73 Å². The zero-order valence-corrected chi connectivity index (χ0v) is 8.19. The van der Waals surface area contributed by atoms with E-state index in [0.29, 0.717) is 12.1 Å². The minimum absolute atomic E-state index is 0.0508. The highest BCUT2D eigenvalue weighted by Crippen LogP contribution is 2.32. The van der Waals surface area contributed by atoms with E-state index in [1.165, 1.54) is 0 Å². The number of hydrogen-bond donors (Lipinski definition) is 1. The van der Waals surface area contributed by atoms with Crippen molar-refractivity contribution in [3.8, 4) is 0 Å². The highest BCUT2D eigenvalue weighted by molar-refractivity contribution is 5.28. The summed E-state index contributed by atoms with van der Waals surface area (Å²) >= 11 is 0. The van der Waals surface area contributed by atoms with Gasteiger partial charge in [-0.15, -0.1) is 0 Å². The highest BCUT2D eigenvalue weighted by Gasteiger charge is 2.34. The van der Waals surface area contributed by atoms with Gasteiger partial charge in [-0.1, -0.05) is 6.07 Å². The summed E-state index contributed by atoms with van der Waals surface area (Å²) in [5.74, 6) is -1.39. The molecule has 0 saturated heterocycles. The van der Waals surface area contributed by atoms with E-state index in [-0.39, 0.29) is 12.0 Å². The average molecular weight is 239 g/mol. The fraction of sp³-hybridized carbons (Fsp3) is 0.400. The van der Waals surface area contributed by atoms with E-state index in [4.69, 9.17) is 5.73 Å². The predicted octanol–water partition coefficient (Wildman–Crippen LogP) is 3.20. The Morgan fingerprint density at radius 3 is 2.31 bits per heavy atom. The Morgan fingerprint density at radius 1 is 1.25 bits per heavy atom. The molecule has 0 unspecified atom stereocenters. The molecule has 1 nitrogen and oxygen atoms in total. The van der Waals surface area contributed by atoms with Gasteiger partial charge in [0, 0.05) is 6.04 Å². The molecular formula is C10H10F5N. The van der Waals surface area contributed by atoms with Gasteiger partial charge in [-0.05, 0) is 24.1 Å². The molecule has 0 heterocycles. The summed E-state index contributed by atoms with van der Waals surface area (Å²) < 4.78 is 61.6. The lowest BCUT2D eigenvalue weighted by molar-refractivity contribution is -0.140. The Kier molecular flexibility index (Phi) is 3.85. The van der Waals surface area contributed by atoms with Crippen molar-refractivity contribution in [3.63, 3.8) is 0 Å². The van der Waals surface area contributed by atoms with Crippen LogP contribution in [0.5, 0.6) is 0 Å². The van der Waals surface area contributed by atoms with E-state index < -0.39 is 30.3 Å².